The first kappa shape index (κ1) is 72.3. The first-order chi connectivity index (χ1) is 37.5. The summed E-state index contributed by atoms with van der Waals surface area (Å²) >= 11 is 0. The minimum atomic E-state index is -0.793. The van der Waals surface area contributed by atoms with Gasteiger partial charge in [0, 0.05) is 19.3 Å². The number of esters is 3. The molecule has 0 amide bonds. The van der Waals surface area contributed by atoms with Crippen LogP contribution in [0.5, 0.6) is 0 Å². The summed E-state index contributed by atoms with van der Waals surface area (Å²) in [6.45, 7) is 6.49. The molecule has 6 heteroatoms. The van der Waals surface area contributed by atoms with Crippen LogP contribution in [-0.2, 0) is 28.6 Å². The van der Waals surface area contributed by atoms with E-state index in [4.69, 9.17) is 14.2 Å². The molecule has 0 aliphatic heterocycles. The molecule has 0 fully saturated rings. The molecule has 0 rings (SSSR count). The highest BCUT2D eigenvalue weighted by atomic mass is 16.6. The summed E-state index contributed by atoms with van der Waals surface area (Å²) in [7, 11) is 0. The van der Waals surface area contributed by atoms with Crippen molar-refractivity contribution in [2.75, 3.05) is 13.2 Å². The van der Waals surface area contributed by atoms with Crippen LogP contribution in [0.1, 0.15) is 310 Å². The number of hydrogen-bond donors (Lipinski definition) is 0. The minimum Gasteiger partial charge on any atom is -0.462 e. The fourth-order valence-electron chi connectivity index (χ4n) is 9.05. The Morgan fingerprint density at radius 2 is 0.513 bits per heavy atom. The normalized spacial score (nSPS) is 12.7. The van der Waals surface area contributed by atoms with Gasteiger partial charge in [-0.3, -0.25) is 14.4 Å². The van der Waals surface area contributed by atoms with Gasteiger partial charge in [-0.25, -0.2) is 0 Å². The Kier molecular flexibility index (Phi) is 60.8. The van der Waals surface area contributed by atoms with Crippen molar-refractivity contribution in [2.24, 2.45) is 0 Å². The van der Waals surface area contributed by atoms with E-state index in [1.54, 1.807) is 0 Å². The van der Waals surface area contributed by atoms with Crippen molar-refractivity contribution in [3.8, 4) is 0 Å². The molecule has 0 bridgehead atoms. The fraction of sp³-hybridized carbons (Fsp3) is 0.729. The Hall–Kier alpha value is -3.67. The molecular formula is C70H120O6. The van der Waals surface area contributed by atoms with Gasteiger partial charge in [-0.2, -0.15) is 0 Å². The van der Waals surface area contributed by atoms with E-state index in [1.807, 2.05) is 0 Å². The van der Waals surface area contributed by atoms with Gasteiger partial charge in [0.1, 0.15) is 13.2 Å². The van der Waals surface area contributed by atoms with Crippen molar-refractivity contribution < 1.29 is 28.6 Å². The van der Waals surface area contributed by atoms with Gasteiger partial charge in [0.25, 0.3) is 0 Å². The topological polar surface area (TPSA) is 78.9 Å². The minimum absolute atomic E-state index is 0.0884. The lowest BCUT2D eigenvalue weighted by molar-refractivity contribution is -0.167. The third-order valence-corrected chi connectivity index (χ3v) is 13.9. The molecule has 0 saturated carbocycles. The number of ether oxygens (including phenoxy) is 3. The quantitative estimate of drug-likeness (QED) is 0.0261. The van der Waals surface area contributed by atoms with Crippen LogP contribution in [0, 0.1) is 0 Å². The smallest absolute Gasteiger partial charge is 0.306 e. The van der Waals surface area contributed by atoms with Gasteiger partial charge >= 0.3 is 17.9 Å². The van der Waals surface area contributed by atoms with Crippen molar-refractivity contribution in [3.05, 3.63) is 97.2 Å². The highest BCUT2D eigenvalue weighted by Gasteiger charge is 2.19. The van der Waals surface area contributed by atoms with Gasteiger partial charge in [-0.15, -0.1) is 0 Å². The molecule has 0 N–H and O–H groups in total. The third-order valence-electron chi connectivity index (χ3n) is 13.9. The number of hydrogen-bond acceptors (Lipinski definition) is 6. The Bertz CT molecular complexity index is 1490. The first-order valence-electron chi connectivity index (χ1n) is 32.2. The van der Waals surface area contributed by atoms with E-state index in [2.05, 4.69) is 118 Å². The maximum absolute atomic E-state index is 12.9. The maximum Gasteiger partial charge on any atom is 0.306 e. The monoisotopic (exact) mass is 1060 g/mol. The lowest BCUT2D eigenvalue weighted by Gasteiger charge is -2.18. The number of allylic oxidation sites excluding steroid dienone is 16. The standard InChI is InChI=1S/C70H120O6/c1-4-7-10-13-16-19-21-23-25-27-29-31-33-34-35-36-38-39-41-43-45-47-49-51-54-57-60-63-69(72)75-66-67(65-74-68(71)62-59-56-53-18-15-12-9-6-3)76-70(73)64-61-58-55-52-50-48-46-44-42-40-37-32-30-28-26-24-22-20-17-14-11-8-5-2/h7,10,16,19,23,25,29,31,34-35,38-39,43,45,49,51,67H,4-6,8-9,11-15,17-18,20-22,24,26-28,30,32-33,36-37,40-42,44,46-48,50,52-66H2,1-3H3/b10-7-,19-16-,25-23-,31-29-,35-34-,39-38-,45-43-,51-49-. The van der Waals surface area contributed by atoms with E-state index >= 15 is 0 Å². The second-order valence-electron chi connectivity index (χ2n) is 21.3. The largest absolute Gasteiger partial charge is 0.462 e. The van der Waals surface area contributed by atoms with Gasteiger partial charge in [0.15, 0.2) is 6.10 Å². The van der Waals surface area contributed by atoms with Crippen molar-refractivity contribution in [3.63, 3.8) is 0 Å². The second kappa shape index (κ2) is 63.9. The van der Waals surface area contributed by atoms with Crippen molar-refractivity contribution in [2.45, 2.75) is 316 Å². The van der Waals surface area contributed by atoms with Gasteiger partial charge in [-0.1, -0.05) is 304 Å². The predicted octanol–water partition coefficient (Wildman–Crippen LogP) is 22.0. The lowest BCUT2D eigenvalue weighted by Crippen LogP contribution is -2.30. The number of carbonyl (C=O) groups excluding carboxylic acids is 3. The average molecular weight is 1060 g/mol. The molecule has 0 aliphatic rings. The fourth-order valence-corrected chi connectivity index (χ4v) is 9.05. The van der Waals surface area contributed by atoms with Crippen LogP contribution in [0.2, 0.25) is 0 Å². The summed E-state index contributed by atoms with van der Waals surface area (Å²) in [5.74, 6) is -0.928. The summed E-state index contributed by atoms with van der Waals surface area (Å²) in [4.78, 5) is 38.1. The molecule has 0 aliphatic carbocycles. The molecule has 0 heterocycles. The summed E-state index contributed by atoms with van der Waals surface area (Å²) in [6.07, 6.45) is 85.8. The molecule has 0 aromatic rings. The van der Waals surface area contributed by atoms with Crippen LogP contribution in [0.4, 0.5) is 0 Å². The molecular weight excluding hydrogens is 937 g/mol. The van der Waals surface area contributed by atoms with Crippen LogP contribution in [0.15, 0.2) is 97.2 Å². The third kappa shape index (κ3) is 61.2. The van der Waals surface area contributed by atoms with Crippen LogP contribution >= 0.6 is 0 Å². The maximum atomic E-state index is 12.9. The predicted molar refractivity (Wildman–Crippen MR) is 330 cm³/mol. The van der Waals surface area contributed by atoms with E-state index < -0.39 is 6.10 Å². The highest BCUT2D eigenvalue weighted by Crippen LogP contribution is 2.17. The van der Waals surface area contributed by atoms with Crippen LogP contribution < -0.4 is 0 Å². The van der Waals surface area contributed by atoms with Crippen molar-refractivity contribution in [1.82, 2.24) is 0 Å². The summed E-state index contributed by atoms with van der Waals surface area (Å²) < 4.78 is 16.8. The molecule has 436 valence electrons. The van der Waals surface area contributed by atoms with Crippen molar-refractivity contribution >= 4 is 17.9 Å². The van der Waals surface area contributed by atoms with E-state index in [1.165, 1.54) is 161 Å². The zero-order valence-corrected chi connectivity index (χ0v) is 50.0. The zero-order valence-electron chi connectivity index (χ0n) is 50.0. The van der Waals surface area contributed by atoms with Gasteiger partial charge < -0.3 is 14.2 Å². The molecule has 0 aromatic carbocycles. The second-order valence-corrected chi connectivity index (χ2v) is 21.3. The number of unbranched alkanes of at least 4 members (excludes halogenated alkanes) is 31. The molecule has 76 heavy (non-hydrogen) atoms. The molecule has 1 unspecified atom stereocenters. The zero-order chi connectivity index (χ0) is 55.0. The van der Waals surface area contributed by atoms with Gasteiger partial charge in [0.2, 0.25) is 0 Å². The Morgan fingerprint density at radius 3 is 0.803 bits per heavy atom. The summed E-state index contributed by atoms with van der Waals surface area (Å²) in [6, 6.07) is 0. The molecule has 1 atom stereocenters. The molecule has 0 saturated heterocycles. The average Bonchev–Trinajstić information content (AvgIpc) is 3.42. The molecule has 0 radical (unpaired) electrons. The Morgan fingerprint density at radius 1 is 0.276 bits per heavy atom. The molecule has 0 spiro atoms. The SMILES string of the molecule is CC/C=C\C/C=C\C/C=C\C/C=C\C/C=C\C/C=C\C/C=C\C/C=C\CCCCC(=O)OCC(COC(=O)CCCCCCCCCC)OC(=O)CCCCCCCCCCCCCCCCCCCCCCCCC. The van der Waals surface area contributed by atoms with Crippen LogP contribution in [0.3, 0.4) is 0 Å². The van der Waals surface area contributed by atoms with E-state index in [0.29, 0.717) is 19.3 Å². The summed E-state index contributed by atoms with van der Waals surface area (Å²) in [5.41, 5.74) is 0. The van der Waals surface area contributed by atoms with Gasteiger partial charge in [-0.05, 0) is 83.5 Å². The van der Waals surface area contributed by atoms with E-state index in [9.17, 15) is 14.4 Å². The van der Waals surface area contributed by atoms with E-state index in [-0.39, 0.29) is 31.1 Å². The molecule has 6 nitrogen and oxygen atoms in total. The summed E-state index contributed by atoms with van der Waals surface area (Å²) in [5, 5.41) is 0. The van der Waals surface area contributed by atoms with Crippen LogP contribution in [0.25, 0.3) is 0 Å². The first-order valence-corrected chi connectivity index (χ1v) is 32.2. The van der Waals surface area contributed by atoms with Gasteiger partial charge in [0.05, 0.1) is 0 Å². The Balaban J connectivity index is 4.26. The Labute approximate surface area is 470 Å². The molecule has 0 aromatic heterocycles. The lowest BCUT2D eigenvalue weighted by atomic mass is 10.0. The van der Waals surface area contributed by atoms with Crippen LogP contribution in [-0.4, -0.2) is 37.2 Å². The van der Waals surface area contributed by atoms with E-state index in [0.717, 1.165) is 109 Å². The van der Waals surface area contributed by atoms with Crippen molar-refractivity contribution in [1.29, 1.82) is 0 Å². The highest BCUT2D eigenvalue weighted by molar-refractivity contribution is 5.71. The number of rotatable bonds is 58. The number of carbonyl (C=O) groups is 3.